The second kappa shape index (κ2) is 12.5. The molecule has 2 heterocycles. The number of hydrogen-bond acceptors (Lipinski definition) is 5. The van der Waals surface area contributed by atoms with E-state index in [4.69, 9.17) is 0 Å². The van der Waals surface area contributed by atoms with Gasteiger partial charge in [-0.25, -0.2) is 0 Å². The number of aryl methyl sites for hydroxylation is 1. The fraction of sp³-hybridized carbons (Fsp3) is 0.357. The predicted molar refractivity (Wildman–Crippen MR) is 144 cm³/mol. The van der Waals surface area contributed by atoms with Crippen LogP contribution in [-0.4, -0.2) is 55.5 Å². The molecule has 0 aliphatic carbocycles. The van der Waals surface area contributed by atoms with Gasteiger partial charge in [-0.15, -0.1) is 11.3 Å². The summed E-state index contributed by atoms with van der Waals surface area (Å²) in [4.78, 5) is 31.2. The summed E-state index contributed by atoms with van der Waals surface area (Å²) in [6, 6.07) is 22.0. The molecule has 2 amide bonds. The van der Waals surface area contributed by atoms with Crippen LogP contribution in [0.15, 0.2) is 72.1 Å². The Morgan fingerprint density at radius 1 is 0.971 bits per heavy atom. The van der Waals surface area contributed by atoms with Crippen LogP contribution in [0.2, 0.25) is 0 Å². The Bertz CT molecular complexity index is 1080. The fourth-order valence-electron chi connectivity index (χ4n) is 4.37. The molecule has 1 aliphatic rings. The van der Waals surface area contributed by atoms with Crippen LogP contribution in [0.25, 0.3) is 0 Å². The molecular formula is C28H34N4O2S. The molecule has 2 N–H and O–H groups in total. The zero-order valence-corrected chi connectivity index (χ0v) is 21.1. The Hall–Kier alpha value is -3.16. The fourth-order valence-corrected chi connectivity index (χ4v) is 5.12. The van der Waals surface area contributed by atoms with E-state index in [0.717, 1.165) is 39.0 Å². The van der Waals surface area contributed by atoms with Gasteiger partial charge in [0.2, 0.25) is 5.91 Å². The van der Waals surface area contributed by atoms with Crippen LogP contribution in [0.1, 0.15) is 35.0 Å². The summed E-state index contributed by atoms with van der Waals surface area (Å²) < 4.78 is 0. The van der Waals surface area contributed by atoms with Gasteiger partial charge in [0.1, 0.15) is 0 Å². The quantitative estimate of drug-likeness (QED) is 0.434. The van der Waals surface area contributed by atoms with Crippen LogP contribution >= 0.6 is 11.3 Å². The first-order chi connectivity index (χ1) is 17.1. The van der Waals surface area contributed by atoms with E-state index in [1.54, 1.807) is 23.5 Å². The van der Waals surface area contributed by atoms with Crippen molar-refractivity contribution in [1.82, 2.24) is 10.2 Å². The zero-order valence-electron chi connectivity index (χ0n) is 20.3. The Balaban J connectivity index is 1.19. The lowest BCUT2D eigenvalue weighted by atomic mass is 10.1. The molecule has 1 fully saturated rings. The van der Waals surface area contributed by atoms with Gasteiger partial charge in [0.25, 0.3) is 5.91 Å². The largest absolute Gasteiger partial charge is 0.369 e. The number of anilines is 2. The minimum absolute atomic E-state index is 0.0256. The van der Waals surface area contributed by atoms with E-state index in [-0.39, 0.29) is 17.9 Å². The van der Waals surface area contributed by atoms with Gasteiger partial charge in [-0.2, -0.15) is 0 Å². The summed E-state index contributed by atoms with van der Waals surface area (Å²) in [5.41, 5.74) is 2.48. The third kappa shape index (κ3) is 7.41. The van der Waals surface area contributed by atoms with E-state index in [0.29, 0.717) is 24.2 Å². The molecule has 0 radical (unpaired) electrons. The van der Waals surface area contributed by atoms with Gasteiger partial charge in [0, 0.05) is 67.0 Å². The molecule has 1 atom stereocenters. The smallest absolute Gasteiger partial charge is 0.251 e. The van der Waals surface area contributed by atoms with E-state index < -0.39 is 0 Å². The third-order valence-electron chi connectivity index (χ3n) is 6.43. The number of hydrogen-bond donors (Lipinski definition) is 2. The molecule has 3 aromatic rings. The average Bonchev–Trinajstić information content (AvgIpc) is 3.41. The molecule has 2 aromatic carbocycles. The number of rotatable bonds is 10. The molecule has 1 saturated heterocycles. The number of piperazine rings is 1. The number of thiophene rings is 1. The maximum Gasteiger partial charge on any atom is 0.251 e. The normalized spacial score (nSPS) is 14.9. The molecule has 6 nitrogen and oxygen atoms in total. The van der Waals surface area contributed by atoms with E-state index in [1.807, 2.05) is 24.3 Å². The molecule has 1 aliphatic heterocycles. The maximum atomic E-state index is 12.8. The first-order valence-electron chi connectivity index (χ1n) is 12.3. The summed E-state index contributed by atoms with van der Waals surface area (Å²) in [6.45, 7) is 6.66. The number of para-hydroxylation sites is 1. The average molecular weight is 491 g/mol. The van der Waals surface area contributed by atoms with Crippen molar-refractivity contribution in [3.05, 3.63) is 82.6 Å². The molecule has 4 rings (SSSR count). The van der Waals surface area contributed by atoms with Crippen LogP contribution in [-0.2, 0) is 11.2 Å². The van der Waals surface area contributed by atoms with Crippen molar-refractivity contribution < 1.29 is 9.59 Å². The molecule has 0 saturated carbocycles. The van der Waals surface area contributed by atoms with Crippen molar-refractivity contribution in [3.63, 3.8) is 0 Å². The van der Waals surface area contributed by atoms with Crippen molar-refractivity contribution in [1.29, 1.82) is 0 Å². The molecule has 0 bridgehead atoms. The van der Waals surface area contributed by atoms with Crippen LogP contribution in [0.5, 0.6) is 0 Å². The zero-order chi connectivity index (χ0) is 24.5. The van der Waals surface area contributed by atoms with Crippen LogP contribution in [0.4, 0.5) is 11.4 Å². The van der Waals surface area contributed by atoms with Crippen LogP contribution in [0, 0.1) is 0 Å². The summed E-state index contributed by atoms with van der Waals surface area (Å²) in [7, 11) is 0. The summed E-state index contributed by atoms with van der Waals surface area (Å²) in [5.74, 6) is -0.143. The first-order valence-corrected chi connectivity index (χ1v) is 13.2. The van der Waals surface area contributed by atoms with E-state index in [1.165, 1.54) is 10.6 Å². The van der Waals surface area contributed by atoms with Gasteiger partial charge in [-0.1, -0.05) is 30.3 Å². The third-order valence-corrected chi connectivity index (χ3v) is 7.37. The molecule has 1 aromatic heterocycles. The monoisotopic (exact) mass is 490 g/mol. The molecule has 184 valence electrons. The van der Waals surface area contributed by atoms with E-state index in [9.17, 15) is 9.59 Å². The van der Waals surface area contributed by atoms with Gasteiger partial charge in [-0.3, -0.25) is 14.5 Å². The summed E-state index contributed by atoms with van der Waals surface area (Å²) >= 11 is 1.72. The van der Waals surface area contributed by atoms with Gasteiger partial charge >= 0.3 is 0 Å². The highest BCUT2D eigenvalue weighted by molar-refractivity contribution is 7.09. The second-order valence-corrected chi connectivity index (χ2v) is 10.0. The molecule has 35 heavy (non-hydrogen) atoms. The van der Waals surface area contributed by atoms with Crippen molar-refractivity contribution in [2.24, 2.45) is 0 Å². The molecular weight excluding hydrogens is 456 g/mol. The van der Waals surface area contributed by atoms with Crippen LogP contribution in [0.3, 0.4) is 0 Å². The number of nitrogens with zero attached hydrogens (tertiary/aromatic N) is 2. The molecule has 7 heteroatoms. The highest BCUT2D eigenvalue weighted by Crippen LogP contribution is 2.17. The topological polar surface area (TPSA) is 64.7 Å². The Morgan fingerprint density at radius 2 is 1.77 bits per heavy atom. The number of amides is 2. The highest BCUT2D eigenvalue weighted by atomic mass is 32.1. The van der Waals surface area contributed by atoms with E-state index in [2.05, 4.69) is 63.1 Å². The Kier molecular flexibility index (Phi) is 8.92. The van der Waals surface area contributed by atoms with Crippen LogP contribution < -0.4 is 15.5 Å². The van der Waals surface area contributed by atoms with Gasteiger partial charge in [0.15, 0.2) is 0 Å². The van der Waals surface area contributed by atoms with Crippen molar-refractivity contribution in [2.45, 2.75) is 32.2 Å². The highest BCUT2D eigenvalue weighted by Gasteiger charge is 2.21. The minimum atomic E-state index is -0.117. The minimum Gasteiger partial charge on any atom is -0.369 e. The van der Waals surface area contributed by atoms with Crippen molar-refractivity contribution in [3.8, 4) is 0 Å². The summed E-state index contributed by atoms with van der Waals surface area (Å²) in [6.07, 6.45) is 2.18. The molecule has 0 spiro atoms. The predicted octanol–water partition coefficient (Wildman–Crippen LogP) is 4.65. The van der Waals surface area contributed by atoms with Gasteiger partial charge < -0.3 is 15.5 Å². The SMILES string of the molecule is CC(CNC(=O)c1cccc(NC(=O)CCCc2cccs2)c1)N1CCN(c2ccccc2)CC1. The van der Waals surface area contributed by atoms with E-state index >= 15 is 0 Å². The second-order valence-electron chi connectivity index (χ2n) is 8.98. The lowest BCUT2D eigenvalue weighted by molar-refractivity contribution is -0.116. The summed E-state index contributed by atoms with van der Waals surface area (Å²) in [5, 5.41) is 8.04. The van der Waals surface area contributed by atoms with Gasteiger partial charge in [0.05, 0.1) is 0 Å². The molecule has 1 unspecified atom stereocenters. The number of carbonyl (C=O) groups excluding carboxylic acids is 2. The lowest BCUT2D eigenvalue weighted by Crippen LogP contribution is -2.52. The number of carbonyl (C=O) groups is 2. The van der Waals surface area contributed by atoms with Gasteiger partial charge in [-0.05, 0) is 61.5 Å². The van der Waals surface area contributed by atoms with Crippen molar-refractivity contribution in [2.75, 3.05) is 42.9 Å². The first kappa shape index (κ1) is 24.9. The Labute approximate surface area is 212 Å². The number of benzene rings is 2. The number of nitrogens with one attached hydrogen (secondary N) is 2. The standard InChI is InChI=1S/C28H34N4O2S/c1-22(31-15-17-32(18-16-31)25-10-3-2-4-11-25)21-29-28(34)23-8-5-9-24(20-23)30-27(33)14-6-12-26-13-7-19-35-26/h2-5,7-11,13,19-20,22H,6,12,14-18,21H2,1H3,(H,29,34)(H,30,33). The Morgan fingerprint density at radius 3 is 2.51 bits per heavy atom. The van der Waals surface area contributed by atoms with Crippen molar-refractivity contribution >= 4 is 34.5 Å². The maximum absolute atomic E-state index is 12.8. The lowest BCUT2D eigenvalue weighted by Gasteiger charge is -2.39.